The summed E-state index contributed by atoms with van der Waals surface area (Å²) in [5, 5.41) is 19.2. The number of amides is 3. The molecule has 0 fully saturated rings. The molecular weight excluding hydrogens is 278 g/mol. The maximum absolute atomic E-state index is 11.8. The van der Waals surface area contributed by atoms with Crippen LogP contribution < -0.4 is 5.32 Å². The predicted octanol–water partition coefficient (Wildman–Crippen LogP) is 0.730. The largest absolute Gasteiger partial charge is 0.481 e. The smallest absolute Gasteiger partial charge is 0.324 e. The van der Waals surface area contributed by atoms with Gasteiger partial charge < -0.3 is 14.7 Å². The SMILES string of the molecule is COCCN(CCC#N)C(=O)NC(=O)CCCCC(=O)O. The van der Waals surface area contributed by atoms with Gasteiger partial charge >= 0.3 is 12.0 Å². The number of urea groups is 1. The molecule has 0 rings (SSSR count). The number of unbranched alkanes of at least 4 members (excludes halogenated alkanes) is 1. The van der Waals surface area contributed by atoms with E-state index in [1.807, 2.05) is 6.07 Å². The molecule has 0 saturated heterocycles. The first-order valence-electron chi connectivity index (χ1n) is 6.67. The highest BCUT2D eigenvalue weighted by Gasteiger charge is 2.15. The normalized spacial score (nSPS) is 9.71. The number of nitrogens with zero attached hydrogens (tertiary/aromatic N) is 2. The Hall–Kier alpha value is -2.14. The lowest BCUT2D eigenvalue weighted by Crippen LogP contribution is -2.44. The Morgan fingerprint density at radius 1 is 1.24 bits per heavy atom. The van der Waals surface area contributed by atoms with E-state index in [0.717, 1.165) is 0 Å². The number of hydrogen-bond acceptors (Lipinski definition) is 5. The van der Waals surface area contributed by atoms with Crippen molar-refractivity contribution in [3.63, 3.8) is 0 Å². The lowest BCUT2D eigenvalue weighted by atomic mass is 10.2. The molecule has 3 amide bonds. The molecule has 0 aromatic rings. The Morgan fingerprint density at radius 2 is 1.90 bits per heavy atom. The Bertz CT molecular complexity index is 392. The minimum absolute atomic E-state index is 0.00333. The summed E-state index contributed by atoms with van der Waals surface area (Å²) in [5.74, 6) is -1.36. The maximum Gasteiger partial charge on any atom is 0.324 e. The zero-order valence-electron chi connectivity index (χ0n) is 12.1. The molecule has 0 aromatic carbocycles. The van der Waals surface area contributed by atoms with Crippen molar-refractivity contribution in [2.24, 2.45) is 0 Å². The lowest BCUT2D eigenvalue weighted by molar-refractivity contribution is -0.137. The number of ether oxygens (including phenoxy) is 1. The topological polar surface area (TPSA) is 120 Å². The highest BCUT2D eigenvalue weighted by molar-refractivity contribution is 5.94. The summed E-state index contributed by atoms with van der Waals surface area (Å²) in [4.78, 5) is 35.0. The average molecular weight is 299 g/mol. The van der Waals surface area contributed by atoms with Gasteiger partial charge in [-0.3, -0.25) is 14.9 Å². The lowest BCUT2D eigenvalue weighted by Gasteiger charge is -2.21. The van der Waals surface area contributed by atoms with Gasteiger partial charge in [-0.1, -0.05) is 0 Å². The molecule has 0 atom stereocenters. The number of hydrogen-bond donors (Lipinski definition) is 2. The summed E-state index contributed by atoms with van der Waals surface area (Å²) in [6.07, 6.45) is 1.06. The van der Waals surface area contributed by atoms with Gasteiger partial charge in [0, 0.05) is 33.0 Å². The number of carboxylic acid groups (broad SMARTS) is 1. The Balaban J connectivity index is 4.11. The van der Waals surface area contributed by atoms with Gasteiger partial charge in [0.1, 0.15) is 0 Å². The number of imide groups is 1. The number of carbonyl (C=O) groups is 3. The van der Waals surface area contributed by atoms with Crippen LogP contribution in [0.3, 0.4) is 0 Å². The molecule has 0 aromatic heterocycles. The fourth-order valence-corrected chi connectivity index (χ4v) is 1.52. The van der Waals surface area contributed by atoms with Crippen LogP contribution in [0.5, 0.6) is 0 Å². The van der Waals surface area contributed by atoms with Crippen molar-refractivity contribution in [3.8, 4) is 6.07 Å². The Kier molecular flexibility index (Phi) is 10.5. The van der Waals surface area contributed by atoms with Gasteiger partial charge in [-0.05, 0) is 12.8 Å². The van der Waals surface area contributed by atoms with Crippen LogP contribution in [0.15, 0.2) is 0 Å². The molecule has 0 spiro atoms. The van der Waals surface area contributed by atoms with Gasteiger partial charge in [-0.25, -0.2) is 4.79 Å². The van der Waals surface area contributed by atoms with Crippen LogP contribution in [0, 0.1) is 11.3 Å². The van der Waals surface area contributed by atoms with Gasteiger partial charge in [0.15, 0.2) is 0 Å². The third kappa shape index (κ3) is 10.3. The van der Waals surface area contributed by atoms with Crippen molar-refractivity contribution >= 4 is 17.9 Å². The zero-order chi connectivity index (χ0) is 16.1. The summed E-state index contributed by atoms with van der Waals surface area (Å²) in [7, 11) is 1.49. The van der Waals surface area contributed by atoms with Crippen molar-refractivity contribution in [1.82, 2.24) is 10.2 Å². The Labute approximate surface area is 123 Å². The van der Waals surface area contributed by atoms with Crippen LogP contribution >= 0.6 is 0 Å². The minimum atomic E-state index is -0.909. The third-order valence-electron chi connectivity index (χ3n) is 2.64. The van der Waals surface area contributed by atoms with E-state index in [9.17, 15) is 14.4 Å². The van der Waals surface area contributed by atoms with Crippen LogP contribution in [0.25, 0.3) is 0 Å². The number of aliphatic carboxylic acids is 1. The van der Waals surface area contributed by atoms with Gasteiger partial charge in [0.25, 0.3) is 0 Å². The molecule has 0 aliphatic heterocycles. The minimum Gasteiger partial charge on any atom is -0.481 e. The van der Waals surface area contributed by atoms with Gasteiger partial charge in [-0.15, -0.1) is 0 Å². The van der Waals surface area contributed by atoms with E-state index in [-0.39, 0.29) is 32.4 Å². The second-order valence-corrected chi connectivity index (χ2v) is 4.34. The third-order valence-corrected chi connectivity index (χ3v) is 2.64. The quantitative estimate of drug-likeness (QED) is 0.574. The molecule has 0 aliphatic rings. The maximum atomic E-state index is 11.8. The van der Waals surface area contributed by atoms with Crippen molar-refractivity contribution in [2.75, 3.05) is 26.8 Å². The standard InChI is InChI=1S/C13H21N3O5/c1-21-10-9-16(8-4-7-14)13(20)15-11(17)5-2-3-6-12(18)19/h2-6,8-10H2,1H3,(H,18,19)(H,15,17,20). The van der Waals surface area contributed by atoms with Crippen molar-refractivity contribution in [1.29, 1.82) is 5.26 Å². The molecule has 0 radical (unpaired) electrons. The van der Waals surface area contributed by atoms with E-state index in [4.69, 9.17) is 15.1 Å². The molecule has 0 heterocycles. The molecule has 118 valence electrons. The van der Waals surface area contributed by atoms with E-state index in [1.54, 1.807) is 0 Å². The number of carbonyl (C=O) groups excluding carboxylic acids is 2. The molecule has 0 saturated carbocycles. The number of methoxy groups -OCH3 is 1. The molecule has 0 aliphatic carbocycles. The molecular formula is C13H21N3O5. The van der Waals surface area contributed by atoms with Crippen LogP contribution in [-0.2, 0) is 14.3 Å². The monoisotopic (exact) mass is 299 g/mol. The second kappa shape index (κ2) is 11.7. The van der Waals surface area contributed by atoms with E-state index >= 15 is 0 Å². The van der Waals surface area contributed by atoms with Gasteiger partial charge in [-0.2, -0.15) is 5.26 Å². The molecule has 0 bridgehead atoms. The van der Waals surface area contributed by atoms with Crippen molar-refractivity contribution < 1.29 is 24.2 Å². The second-order valence-electron chi connectivity index (χ2n) is 4.34. The summed E-state index contributed by atoms with van der Waals surface area (Å²) < 4.78 is 4.86. The first-order chi connectivity index (χ1) is 10.0. The number of nitrogens with one attached hydrogen (secondary N) is 1. The van der Waals surface area contributed by atoms with Gasteiger partial charge in [0.2, 0.25) is 5.91 Å². The number of nitriles is 1. The highest BCUT2D eigenvalue weighted by atomic mass is 16.5. The predicted molar refractivity (Wildman–Crippen MR) is 73.3 cm³/mol. The Morgan fingerprint density at radius 3 is 2.48 bits per heavy atom. The number of rotatable bonds is 10. The molecule has 0 unspecified atom stereocenters. The van der Waals surface area contributed by atoms with Crippen molar-refractivity contribution in [3.05, 3.63) is 0 Å². The van der Waals surface area contributed by atoms with E-state index in [0.29, 0.717) is 19.4 Å². The van der Waals surface area contributed by atoms with Crippen LogP contribution in [0.2, 0.25) is 0 Å². The van der Waals surface area contributed by atoms with E-state index in [2.05, 4.69) is 5.32 Å². The fraction of sp³-hybridized carbons (Fsp3) is 0.692. The molecule has 8 nitrogen and oxygen atoms in total. The number of carboxylic acids is 1. The molecule has 8 heteroatoms. The average Bonchev–Trinajstić information content (AvgIpc) is 2.43. The fourth-order valence-electron chi connectivity index (χ4n) is 1.52. The summed E-state index contributed by atoms with van der Waals surface area (Å²) in [6.45, 7) is 0.819. The first-order valence-corrected chi connectivity index (χ1v) is 6.67. The molecule has 21 heavy (non-hydrogen) atoms. The zero-order valence-corrected chi connectivity index (χ0v) is 12.1. The van der Waals surface area contributed by atoms with E-state index in [1.165, 1.54) is 12.0 Å². The summed E-state index contributed by atoms with van der Waals surface area (Å²) in [6, 6.07) is 1.37. The van der Waals surface area contributed by atoms with Crippen molar-refractivity contribution in [2.45, 2.75) is 32.1 Å². The summed E-state index contributed by atoms with van der Waals surface area (Å²) in [5.41, 5.74) is 0. The van der Waals surface area contributed by atoms with Crippen LogP contribution in [0.1, 0.15) is 32.1 Å². The first kappa shape index (κ1) is 18.9. The molecule has 2 N–H and O–H groups in total. The van der Waals surface area contributed by atoms with Gasteiger partial charge in [0.05, 0.1) is 19.1 Å². The van der Waals surface area contributed by atoms with Crippen LogP contribution in [-0.4, -0.2) is 54.7 Å². The highest BCUT2D eigenvalue weighted by Crippen LogP contribution is 2.00. The van der Waals surface area contributed by atoms with Crippen LogP contribution in [0.4, 0.5) is 4.79 Å². The summed E-state index contributed by atoms with van der Waals surface area (Å²) >= 11 is 0. The van der Waals surface area contributed by atoms with E-state index < -0.39 is 17.9 Å².